The molecule has 0 spiro atoms. The standard InChI is InChI=1S/C17H31N3S/c1-13-19-14(8-21-13)7-20(6)17(12-18)10-15(2,3)9-16(4,5)11-17/h8H,7,9-12,18H2,1-6H3. The second kappa shape index (κ2) is 5.64. The summed E-state index contributed by atoms with van der Waals surface area (Å²) in [5.74, 6) is 0. The van der Waals surface area contributed by atoms with Crippen LogP contribution < -0.4 is 5.73 Å². The maximum absolute atomic E-state index is 6.28. The van der Waals surface area contributed by atoms with Crippen LogP contribution in [-0.2, 0) is 6.54 Å². The highest BCUT2D eigenvalue weighted by molar-refractivity contribution is 7.09. The van der Waals surface area contributed by atoms with Crippen molar-refractivity contribution in [1.82, 2.24) is 9.88 Å². The number of thiazole rings is 1. The summed E-state index contributed by atoms with van der Waals surface area (Å²) in [6, 6.07) is 0. The number of nitrogens with zero attached hydrogens (tertiary/aromatic N) is 2. The molecule has 120 valence electrons. The molecule has 3 nitrogen and oxygen atoms in total. The number of rotatable bonds is 4. The monoisotopic (exact) mass is 309 g/mol. The van der Waals surface area contributed by atoms with Gasteiger partial charge >= 0.3 is 0 Å². The van der Waals surface area contributed by atoms with Gasteiger partial charge in [0.2, 0.25) is 0 Å². The second-order valence-electron chi connectivity index (χ2n) is 8.50. The average Bonchev–Trinajstić information content (AvgIpc) is 2.70. The van der Waals surface area contributed by atoms with Crippen LogP contribution in [0.4, 0.5) is 0 Å². The molecule has 0 bridgehead atoms. The molecular formula is C17H31N3S. The van der Waals surface area contributed by atoms with Crippen molar-refractivity contribution < 1.29 is 0 Å². The van der Waals surface area contributed by atoms with Crippen molar-refractivity contribution in [2.75, 3.05) is 13.6 Å². The van der Waals surface area contributed by atoms with Crippen LogP contribution in [0.25, 0.3) is 0 Å². The van der Waals surface area contributed by atoms with E-state index in [2.05, 4.69) is 56.9 Å². The first-order valence-electron chi connectivity index (χ1n) is 7.90. The van der Waals surface area contributed by atoms with Crippen LogP contribution in [0.15, 0.2) is 5.38 Å². The van der Waals surface area contributed by atoms with Gasteiger partial charge in [0.25, 0.3) is 0 Å². The van der Waals surface area contributed by atoms with E-state index in [1.54, 1.807) is 11.3 Å². The van der Waals surface area contributed by atoms with Crippen molar-refractivity contribution in [3.05, 3.63) is 16.1 Å². The fourth-order valence-electron chi connectivity index (χ4n) is 4.73. The van der Waals surface area contributed by atoms with E-state index in [0.29, 0.717) is 10.8 Å². The third kappa shape index (κ3) is 3.85. The number of aromatic nitrogens is 1. The van der Waals surface area contributed by atoms with E-state index in [1.807, 2.05) is 0 Å². The third-order valence-corrected chi connectivity index (χ3v) is 5.65. The number of hydrogen-bond donors (Lipinski definition) is 1. The molecule has 1 aromatic heterocycles. The predicted molar refractivity (Wildman–Crippen MR) is 91.5 cm³/mol. The molecule has 1 aliphatic carbocycles. The Morgan fingerprint density at radius 2 is 1.76 bits per heavy atom. The van der Waals surface area contributed by atoms with Gasteiger partial charge in [0.05, 0.1) is 10.7 Å². The molecule has 1 aromatic rings. The first-order valence-corrected chi connectivity index (χ1v) is 8.78. The molecule has 1 fully saturated rings. The van der Waals surface area contributed by atoms with Gasteiger partial charge in [-0.1, -0.05) is 27.7 Å². The molecule has 0 unspecified atom stereocenters. The fourth-order valence-corrected chi connectivity index (χ4v) is 5.33. The Bertz CT molecular complexity index is 474. The van der Waals surface area contributed by atoms with Crippen molar-refractivity contribution in [3.8, 4) is 0 Å². The number of likely N-dealkylation sites (N-methyl/N-ethyl adjacent to an activating group) is 1. The van der Waals surface area contributed by atoms with E-state index < -0.39 is 0 Å². The minimum Gasteiger partial charge on any atom is -0.329 e. The molecule has 1 heterocycles. The van der Waals surface area contributed by atoms with Crippen LogP contribution in [0.5, 0.6) is 0 Å². The number of nitrogens with two attached hydrogens (primary N) is 1. The van der Waals surface area contributed by atoms with E-state index in [9.17, 15) is 0 Å². The van der Waals surface area contributed by atoms with Crippen LogP contribution in [0.3, 0.4) is 0 Å². The smallest absolute Gasteiger partial charge is 0.0897 e. The normalized spacial score (nSPS) is 23.4. The SMILES string of the molecule is Cc1nc(CN(C)C2(CN)CC(C)(C)CC(C)(C)C2)cs1. The van der Waals surface area contributed by atoms with Crippen LogP contribution in [0, 0.1) is 17.8 Å². The lowest BCUT2D eigenvalue weighted by atomic mass is 9.58. The quantitative estimate of drug-likeness (QED) is 0.919. The predicted octanol–water partition coefficient (Wildman–Crippen LogP) is 3.82. The summed E-state index contributed by atoms with van der Waals surface area (Å²) in [7, 11) is 2.22. The lowest BCUT2D eigenvalue weighted by Gasteiger charge is -2.55. The summed E-state index contributed by atoms with van der Waals surface area (Å²) in [4.78, 5) is 7.08. The van der Waals surface area contributed by atoms with Gasteiger partial charge in [0.15, 0.2) is 0 Å². The zero-order chi connectivity index (χ0) is 15.9. The maximum atomic E-state index is 6.28. The molecule has 0 aromatic carbocycles. The Kier molecular flexibility index (Phi) is 4.54. The second-order valence-corrected chi connectivity index (χ2v) is 9.56. The van der Waals surface area contributed by atoms with E-state index >= 15 is 0 Å². The molecule has 1 aliphatic rings. The van der Waals surface area contributed by atoms with E-state index in [1.165, 1.54) is 25.0 Å². The molecule has 21 heavy (non-hydrogen) atoms. The number of hydrogen-bond acceptors (Lipinski definition) is 4. The van der Waals surface area contributed by atoms with Gasteiger partial charge in [-0.3, -0.25) is 4.90 Å². The lowest BCUT2D eigenvalue weighted by molar-refractivity contribution is -0.0360. The third-order valence-electron chi connectivity index (χ3n) is 4.83. The maximum Gasteiger partial charge on any atom is 0.0897 e. The van der Waals surface area contributed by atoms with Gasteiger partial charge in [-0.25, -0.2) is 4.98 Å². The molecule has 0 atom stereocenters. The molecule has 0 aliphatic heterocycles. The highest BCUT2D eigenvalue weighted by Gasteiger charge is 2.48. The first-order chi connectivity index (χ1) is 9.57. The zero-order valence-electron chi connectivity index (χ0n) is 14.5. The summed E-state index contributed by atoms with van der Waals surface area (Å²) < 4.78 is 0. The first kappa shape index (κ1) is 16.9. The Balaban J connectivity index is 2.23. The highest BCUT2D eigenvalue weighted by atomic mass is 32.1. The molecule has 0 saturated heterocycles. The van der Waals surface area contributed by atoms with Gasteiger partial charge in [-0.2, -0.15) is 0 Å². The van der Waals surface area contributed by atoms with E-state index in [-0.39, 0.29) is 5.54 Å². The minimum atomic E-state index is 0.0861. The van der Waals surface area contributed by atoms with Crippen LogP contribution >= 0.6 is 11.3 Å². The Morgan fingerprint density at radius 1 is 1.19 bits per heavy atom. The largest absolute Gasteiger partial charge is 0.329 e. The molecule has 2 rings (SSSR count). The van der Waals surface area contributed by atoms with Crippen LogP contribution in [0.1, 0.15) is 57.7 Å². The van der Waals surface area contributed by atoms with Gasteiger partial charge < -0.3 is 5.73 Å². The van der Waals surface area contributed by atoms with Crippen molar-refractivity contribution in [2.24, 2.45) is 16.6 Å². The summed E-state index contributed by atoms with van der Waals surface area (Å²) in [6.07, 6.45) is 3.60. The summed E-state index contributed by atoms with van der Waals surface area (Å²) in [6.45, 7) is 13.2. The van der Waals surface area contributed by atoms with Gasteiger partial charge in [-0.15, -0.1) is 11.3 Å². The molecule has 2 N–H and O–H groups in total. The van der Waals surface area contributed by atoms with Gasteiger partial charge in [0.1, 0.15) is 0 Å². The van der Waals surface area contributed by atoms with E-state index in [4.69, 9.17) is 5.73 Å². The molecule has 0 radical (unpaired) electrons. The van der Waals surface area contributed by atoms with Gasteiger partial charge in [-0.05, 0) is 44.1 Å². The Hall–Kier alpha value is -0.450. The molecule has 0 amide bonds. The zero-order valence-corrected chi connectivity index (χ0v) is 15.3. The summed E-state index contributed by atoms with van der Waals surface area (Å²) >= 11 is 1.73. The number of aryl methyl sites for hydroxylation is 1. The molecular weight excluding hydrogens is 278 g/mol. The molecule has 1 saturated carbocycles. The Labute approximate surface area is 133 Å². The van der Waals surface area contributed by atoms with E-state index in [0.717, 1.165) is 18.1 Å². The molecule has 4 heteroatoms. The summed E-state index contributed by atoms with van der Waals surface area (Å²) in [5, 5.41) is 3.32. The van der Waals surface area contributed by atoms with Crippen molar-refractivity contribution >= 4 is 11.3 Å². The van der Waals surface area contributed by atoms with Crippen LogP contribution in [0.2, 0.25) is 0 Å². The summed E-state index contributed by atoms with van der Waals surface area (Å²) in [5.41, 5.74) is 8.22. The lowest BCUT2D eigenvalue weighted by Crippen LogP contribution is -2.59. The highest BCUT2D eigenvalue weighted by Crippen LogP contribution is 2.51. The van der Waals surface area contributed by atoms with Crippen LogP contribution in [-0.4, -0.2) is 29.0 Å². The Morgan fingerprint density at radius 3 is 2.19 bits per heavy atom. The minimum absolute atomic E-state index is 0.0861. The van der Waals surface area contributed by atoms with Gasteiger partial charge in [0, 0.05) is 24.0 Å². The van der Waals surface area contributed by atoms with Crippen molar-refractivity contribution in [2.45, 2.75) is 66.0 Å². The fraction of sp³-hybridized carbons (Fsp3) is 0.824. The topological polar surface area (TPSA) is 42.2 Å². The van der Waals surface area contributed by atoms with Crippen molar-refractivity contribution in [1.29, 1.82) is 0 Å². The van der Waals surface area contributed by atoms with Crippen molar-refractivity contribution in [3.63, 3.8) is 0 Å². The average molecular weight is 310 g/mol.